The minimum absolute atomic E-state index is 0.0260. The smallest absolute Gasteiger partial charge is 0.255 e. The molecule has 0 aliphatic carbocycles. The fourth-order valence-corrected chi connectivity index (χ4v) is 3.57. The van der Waals surface area contributed by atoms with Crippen molar-refractivity contribution in [1.29, 1.82) is 0 Å². The fraction of sp³-hybridized carbons (Fsp3) is 0.444. The van der Waals surface area contributed by atoms with Crippen molar-refractivity contribution in [3.63, 3.8) is 0 Å². The zero-order valence-corrected chi connectivity index (χ0v) is 14.8. The van der Waals surface area contributed by atoms with E-state index < -0.39 is 0 Å². The Morgan fingerprint density at radius 1 is 1.24 bits per heavy atom. The maximum Gasteiger partial charge on any atom is 0.255 e. The molecule has 1 aliphatic heterocycles. The summed E-state index contributed by atoms with van der Waals surface area (Å²) in [6.45, 7) is 4.90. The van der Waals surface area contributed by atoms with Crippen LogP contribution >= 0.6 is 0 Å². The van der Waals surface area contributed by atoms with Gasteiger partial charge in [0.05, 0.1) is 24.0 Å². The summed E-state index contributed by atoms with van der Waals surface area (Å²) in [6.07, 6.45) is 9.27. The van der Waals surface area contributed by atoms with Gasteiger partial charge in [-0.2, -0.15) is 10.2 Å². The molecule has 0 spiro atoms. The Balaban J connectivity index is 1.64. The summed E-state index contributed by atoms with van der Waals surface area (Å²) in [5.41, 5.74) is 2.53. The van der Waals surface area contributed by atoms with E-state index in [-0.39, 0.29) is 18.0 Å². The highest BCUT2D eigenvalue weighted by molar-refractivity contribution is 5.97. The van der Waals surface area contributed by atoms with Crippen LogP contribution in [0.1, 0.15) is 54.7 Å². The van der Waals surface area contributed by atoms with Gasteiger partial charge in [0.15, 0.2) is 5.65 Å². The zero-order valence-electron chi connectivity index (χ0n) is 14.8. The van der Waals surface area contributed by atoms with E-state index >= 15 is 0 Å². The maximum atomic E-state index is 13.1. The van der Waals surface area contributed by atoms with E-state index in [2.05, 4.69) is 29.0 Å². The van der Waals surface area contributed by atoms with Gasteiger partial charge in [0.1, 0.15) is 0 Å². The molecule has 7 heteroatoms. The van der Waals surface area contributed by atoms with Gasteiger partial charge >= 0.3 is 0 Å². The Morgan fingerprint density at radius 3 is 2.80 bits per heavy atom. The van der Waals surface area contributed by atoms with Crippen molar-refractivity contribution in [3.8, 4) is 0 Å². The number of amides is 1. The standard InChI is InChI=1S/C18H22N6O/c1-12(2)24-17-13(9-21-24)7-14(8-19-17)18(25)23-6-4-5-16(23)15-10-20-22(3)11-15/h7-12,16H,4-6H2,1-3H3. The van der Waals surface area contributed by atoms with Crippen LogP contribution in [-0.2, 0) is 7.05 Å². The Kier molecular flexibility index (Phi) is 3.78. The molecule has 1 aliphatic rings. The first-order chi connectivity index (χ1) is 12.0. The molecule has 4 rings (SSSR count). The number of carbonyl (C=O) groups excluding carboxylic acids is 1. The molecule has 0 aromatic carbocycles. The number of nitrogens with zero attached hydrogens (tertiary/aromatic N) is 6. The van der Waals surface area contributed by atoms with Gasteiger partial charge in [-0.1, -0.05) is 0 Å². The summed E-state index contributed by atoms with van der Waals surface area (Å²) in [5.74, 6) is 0.0260. The van der Waals surface area contributed by atoms with Gasteiger partial charge in [-0.05, 0) is 32.8 Å². The largest absolute Gasteiger partial charge is 0.331 e. The molecule has 0 saturated carbocycles. The van der Waals surface area contributed by atoms with Crippen LogP contribution in [0.25, 0.3) is 11.0 Å². The average molecular weight is 338 g/mol. The summed E-state index contributed by atoms with van der Waals surface area (Å²) in [7, 11) is 1.90. The molecule has 4 heterocycles. The molecule has 3 aromatic rings. The second-order valence-corrected chi connectivity index (χ2v) is 6.92. The number of hydrogen-bond donors (Lipinski definition) is 0. The van der Waals surface area contributed by atoms with Gasteiger partial charge in [-0.25, -0.2) is 9.67 Å². The summed E-state index contributed by atoms with van der Waals surface area (Å²) in [5, 5.41) is 9.52. The first-order valence-electron chi connectivity index (χ1n) is 8.67. The monoisotopic (exact) mass is 338 g/mol. The number of hydrogen-bond acceptors (Lipinski definition) is 4. The van der Waals surface area contributed by atoms with Crippen LogP contribution in [-0.4, -0.2) is 41.9 Å². The van der Waals surface area contributed by atoms with Gasteiger partial charge in [0, 0.05) is 43.0 Å². The van der Waals surface area contributed by atoms with Crippen LogP contribution in [0.3, 0.4) is 0 Å². The topological polar surface area (TPSA) is 68.8 Å². The van der Waals surface area contributed by atoms with Crippen molar-refractivity contribution in [2.24, 2.45) is 7.05 Å². The number of aromatic nitrogens is 5. The minimum Gasteiger partial charge on any atom is -0.331 e. The fourth-order valence-electron chi connectivity index (χ4n) is 3.57. The Morgan fingerprint density at radius 2 is 2.08 bits per heavy atom. The van der Waals surface area contributed by atoms with E-state index in [0.717, 1.165) is 36.0 Å². The normalized spacial score (nSPS) is 17.8. The quantitative estimate of drug-likeness (QED) is 0.736. The Bertz CT molecular complexity index is 925. The molecule has 130 valence electrons. The van der Waals surface area contributed by atoms with Crippen LogP contribution in [0.5, 0.6) is 0 Å². The lowest BCUT2D eigenvalue weighted by Crippen LogP contribution is -2.30. The number of aryl methyl sites for hydroxylation is 1. The molecule has 25 heavy (non-hydrogen) atoms. The molecule has 1 atom stereocenters. The maximum absolute atomic E-state index is 13.1. The van der Waals surface area contributed by atoms with Gasteiger partial charge in [0.25, 0.3) is 5.91 Å². The highest BCUT2D eigenvalue weighted by Crippen LogP contribution is 2.33. The number of fused-ring (bicyclic) bond motifs is 1. The van der Waals surface area contributed by atoms with Gasteiger partial charge in [0.2, 0.25) is 0 Å². The van der Waals surface area contributed by atoms with Crippen LogP contribution in [0.2, 0.25) is 0 Å². The van der Waals surface area contributed by atoms with Gasteiger partial charge in [-0.3, -0.25) is 9.48 Å². The number of pyridine rings is 1. The molecule has 1 amide bonds. The van der Waals surface area contributed by atoms with Crippen LogP contribution < -0.4 is 0 Å². The van der Waals surface area contributed by atoms with Crippen molar-refractivity contribution in [1.82, 2.24) is 29.4 Å². The molecule has 1 saturated heterocycles. The Hall–Kier alpha value is -2.70. The molecule has 0 radical (unpaired) electrons. The Labute approximate surface area is 146 Å². The van der Waals surface area contributed by atoms with Gasteiger partial charge in [-0.15, -0.1) is 0 Å². The molecule has 3 aromatic heterocycles. The lowest BCUT2D eigenvalue weighted by atomic mass is 10.1. The average Bonchev–Trinajstić information content (AvgIpc) is 3.31. The van der Waals surface area contributed by atoms with E-state index in [1.54, 1.807) is 17.1 Å². The second kappa shape index (κ2) is 5.98. The third kappa shape index (κ3) is 2.69. The minimum atomic E-state index is 0.0260. The van der Waals surface area contributed by atoms with E-state index in [9.17, 15) is 4.79 Å². The van der Waals surface area contributed by atoms with E-state index in [1.165, 1.54) is 0 Å². The number of carbonyl (C=O) groups is 1. The highest BCUT2D eigenvalue weighted by atomic mass is 16.2. The number of likely N-dealkylation sites (tertiary alicyclic amines) is 1. The zero-order chi connectivity index (χ0) is 17.6. The number of rotatable bonds is 3. The van der Waals surface area contributed by atoms with Crippen molar-refractivity contribution < 1.29 is 4.79 Å². The van der Waals surface area contributed by atoms with Crippen LogP contribution in [0.15, 0.2) is 30.9 Å². The van der Waals surface area contributed by atoms with E-state index in [1.807, 2.05) is 35.1 Å². The molecular weight excluding hydrogens is 316 g/mol. The first-order valence-corrected chi connectivity index (χ1v) is 8.67. The van der Waals surface area contributed by atoms with Crippen molar-refractivity contribution in [3.05, 3.63) is 42.0 Å². The highest BCUT2D eigenvalue weighted by Gasteiger charge is 2.31. The van der Waals surface area contributed by atoms with Crippen molar-refractivity contribution in [2.45, 2.75) is 38.8 Å². The lowest BCUT2D eigenvalue weighted by Gasteiger charge is -2.24. The third-order valence-electron chi connectivity index (χ3n) is 4.79. The summed E-state index contributed by atoms with van der Waals surface area (Å²) in [4.78, 5) is 19.5. The predicted molar refractivity (Wildman–Crippen MR) is 94.1 cm³/mol. The predicted octanol–water partition coefficient (Wildman–Crippen LogP) is 2.72. The first kappa shape index (κ1) is 15.8. The molecule has 0 N–H and O–H groups in total. The summed E-state index contributed by atoms with van der Waals surface area (Å²) in [6, 6.07) is 2.23. The van der Waals surface area contributed by atoms with Crippen LogP contribution in [0.4, 0.5) is 0 Å². The molecule has 7 nitrogen and oxygen atoms in total. The summed E-state index contributed by atoms with van der Waals surface area (Å²) >= 11 is 0. The summed E-state index contributed by atoms with van der Waals surface area (Å²) < 4.78 is 3.65. The third-order valence-corrected chi connectivity index (χ3v) is 4.79. The van der Waals surface area contributed by atoms with Crippen LogP contribution in [0, 0.1) is 0 Å². The van der Waals surface area contributed by atoms with Crippen molar-refractivity contribution in [2.75, 3.05) is 6.54 Å². The van der Waals surface area contributed by atoms with E-state index in [4.69, 9.17) is 0 Å². The van der Waals surface area contributed by atoms with Crippen molar-refractivity contribution >= 4 is 16.9 Å². The molecule has 1 fully saturated rings. The van der Waals surface area contributed by atoms with Gasteiger partial charge < -0.3 is 4.90 Å². The lowest BCUT2D eigenvalue weighted by molar-refractivity contribution is 0.0735. The second-order valence-electron chi connectivity index (χ2n) is 6.92. The molecular formula is C18H22N6O. The SMILES string of the molecule is CC(C)n1ncc2cc(C(=O)N3CCCC3c3cnn(C)c3)cnc21. The molecule has 1 unspecified atom stereocenters. The van der Waals surface area contributed by atoms with E-state index in [0.29, 0.717) is 5.56 Å². The molecule has 0 bridgehead atoms.